The van der Waals surface area contributed by atoms with Crippen LogP contribution in [0.3, 0.4) is 0 Å². The lowest BCUT2D eigenvalue weighted by molar-refractivity contribution is -0.140. The Morgan fingerprint density at radius 1 is 0.941 bits per heavy atom. The summed E-state index contributed by atoms with van der Waals surface area (Å²) in [6.45, 7) is 1.97. The highest BCUT2D eigenvalue weighted by molar-refractivity contribution is 6.46. The highest BCUT2D eigenvalue weighted by Crippen LogP contribution is 2.40. The molecule has 3 aromatic heterocycles. The summed E-state index contributed by atoms with van der Waals surface area (Å²) in [5.74, 6) is -1.70. The first kappa shape index (κ1) is 21.3. The van der Waals surface area contributed by atoms with Crippen LogP contribution in [0.25, 0.3) is 11.4 Å². The van der Waals surface area contributed by atoms with E-state index in [1.807, 2.05) is 36.4 Å². The lowest BCUT2D eigenvalue weighted by Gasteiger charge is -2.25. The van der Waals surface area contributed by atoms with Crippen LogP contribution in [0.2, 0.25) is 0 Å². The molecule has 1 atom stereocenters. The van der Waals surface area contributed by atoms with Crippen molar-refractivity contribution >= 4 is 17.4 Å². The summed E-state index contributed by atoms with van der Waals surface area (Å²) in [6.07, 6.45) is 8.01. The van der Waals surface area contributed by atoms with Crippen molar-refractivity contribution in [1.82, 2.24) is 24.6 Å². The Hall–Kier alpha value is -4.59. The van der Waals surface area contributed by atoms with Gasteiger partial charge in [-0.25, -0.2) is 4.68 Å². The lowest BCUT2D eigenvalue weighted by atomic mass is 9.96. The smallest absolute Gasteiger partial charge is 0.295 e. The zero-order valence-corrected chi connectivity index (χ0v) is 18.4. The van der Waals surface area contributed by atoms with E-state index in [9.17, 15) is 14.7 Å². The van der Waals surface area contributed by atoms with Crippen LogP contribution in [0.15, 0.2) is 91.2 Å². The highest BCUT2D eigenvalue weighted by atomic mass is 16.3. The Morgan fingerprint density at radius 2 is 1.68 bits per heavy atom. The minimum atomic E-state index is -0.798. The summed E-state index contributed by atoms with van der Waals surface area (Å²) in [5.41, 5.74) is 3.26. The maximum absolute atomic E-state index is 13.2. The zero-order chi connectivity index (χ0) is 23.7. The number of amides is 1. The molecule has 1 N–H and O–H groups in total. The van der Waals surface area contributed by atoms with Gasteiger partial charge in [0.05, 0.1) is 34.8 Å². The summed E-state index contributed by atoms with van der Waals surface area (Å²) < 4.78 is 1.68. The molecule has 4 aromatic rings. The van der Waals surface area contributed by atoms with Crippen molar-refractivity contribution in [3.8, 4) is 5.69 Å². The highest BCUT2D eigenvalue weighted by Gasteiger charge is 2.46. The predicted octanol–water partition coefficient (Wildman–Crippen LogP) is 3.59. The minimum absolute atomic E-state index is 0.0117. The average molecular weight is 451 g/mol. The molecule has 1 aliphatic rings. The van der Waals surface area contributed by atoms with E-state index in [1.54, 1.807) is 54.6 Å². The molecule has 5 rings (SSSR count). The number of hydrogen-bond acceptors (Lipinski definition) is 6. The number of carbonyl (C=O) groups is 2. The molecule has 0 bridgehead atoms. The Labute approximate surface area is 195 Å². The average Bonchev–Trinajstić information content (AvgIpc) is 3.38. The third-order valence-electron chi connectivity index (χ3n) is 5.88. The Morgan fingerprint density at radius 3 is 2.35 bits per heavy atom. The normalized spacial score (nSPS) is 17.3. The van der Waals surface area contributed by atoms with Crippen LogP contribution in [0.1, 0.15) is 28.4 Å². The molecular formula is C26H21N5O3. The van der Waals surface area contributed by atoms with Crippen LogP contribution in [0.5, 0.6) is 0 Å². The van der Waals surface area contributed by atoms with Gasteiger partial charge in [-0.15, -0.1) is 0 Å². The molecule has 0 unspecified atom stereocenters. The van der Waals surface area contributed by atoms with Gasteiger partial charge in [0.15, 0.2) is 0 Å². The molecule has 0 spiro atoms. The van der Waals surface area contributed by atoms with Gasteiger partial charge in [0.25, 0.3) is 11.7 Å². The predicted molar refractivity (Wildman–Crippen MR) is 125 cm³/mol. The number of ketones is 1. The van der Waals surface area contributed by atoms with E-state index in [0.717, 1.165) is 11.3 Å². The van der Waals surface area contributed by atoms with Crippen molar-refractivity contribution in [3.63, 3.8) is 0 Å². The second-order valence-corrected chi connectivity index (χ2v) is 7.97. The molecule has 1 amide bonds. The van der Waals surface area contributed by atoms with Crippen LogP contribution in [-0.2, 0) is 16.1 Å². The summed E-state index contributed by atoms with van der Waals surface area (Å²) >= 11 is 0. The first-order valence-corrected chi connectivity index (χ1v) is 10.7. The van der Waals surface area contributed by atoms with Crippen molar-refractivity contribution in [3.05, 3.63) is 114 Å². The molecule has 1 saturated heterocycles. The summed E-state index contributed by atoms with van der Waals surface area (Å²) in [4.78, 5) is 36.1. The third kappa shape index (κ3) is 3.65. The van der Waals surface area contributed by atoms with Gasteiger partial charge in [0.2, 0.25) is 0 Å². The summed E-state index contributed by atoms with van der Waals surface area (Å²) in [7, 11) is 0. The first-order chi connectivity index (χ1) is 16.6. The number of carbonyl (C=O) groups excluding carboxylic acids is 2. The van der Waals surface area contributed by atoms with Crippen LogP contribution < -0.4 is 0 Å². The fourth-order valence-electron chi connectivity index (χ4n) is 4.23. The van der Waals surface area contributed by atoms with Gasteiger partial charge >= 0.3 is 0 Å². The molecule has 1 fully saturated rings. The van der Waals surface area contributed by atoms with E-state index in [4.69, 9.17) is 0 Å². The minimum Gasteiger partial charge on any atom is -0.507 e. The first-order valence-electron chi connectivity index (χ1n) is 10.7. The van der Waals surface area contributed by atoms with Crippen LogP contribution in [0.4, 0.5) is 0 Å². The Kier molecular flexibility index (Phi) is 5.47. The van der Waals surface area contributed by atoms with Crippen molar-refractivity contribution < 1.29 is 14.7 Å². The molecule has 4 heterocycles. The van der Waals surface area contributed by atoms with Crippen molar-refractivity contribution in [2.75, 3.05) is 0 Å². The standard InChI is InChI=1S/C26H21N5O3/c1-17-21(15-29-31(17)20-9-3-2-4-10-20)24(32)22-23(19-8-6-12-28-14-19)30(26(34)25(22)33)16-18-7-5-11-27-13-18/h2-15,23,32H,16H2,1H3/t23-/m0/s1. The second kappa shape index (κ2) is 8.74. The summed E-state index contributed by atoms with van der Waals surface area (Å²) in [6, 6.07) is 15.8. The van der Waals surface area contributed by atoms with Crippen molar-refractivity contribution in [1.29, 1.82) is 0 Å². The van der Waals surface area contributed by atoms with E-state index in [1.165, 1.54) is 11.1 Å². The number of hydrogen-bond donors (Lipinski definition) is 1. The van der Waals surface area contributed by atoms with Gasteiger partial charge in [-0.3, -0.25) is 19.6 Å². The van der Waals surface area contributed by atoms with E-state index < -0.39 is 17.7 Å². The number of aromatic nitrogens is 4. The van der Waals surface area contributed by atoms with Crippen LogP contribution >= 0.6 is 0 Å². The molecular weight excluding hydrogens is 430 g/mol. The third-order valence-corrected chi connectivity index (χ3v) is 5.88. The zero-order valence-electron chi connectivity index (χ0n) is 18.4. The van der Waals surface area contributed by atoms with E-state index in [2.05, 4.69) is 15.1 Å². The van der Waals surface area contributed by atoms with Crippen LogP contribution in [-0.4, -0.2) is 41.4 Å². The number of aliphatic hydroxyl groups excluding tert-OH is 1. The largest absolute Gasteiger partial charge is 0.507 e. The monoisotopic (exact) mass is 451 g/mol. The molecule has 1 aliphatic heterocycles. The van der Waals surface area contributed by atoms with E-state index in [-0.39, 0.29) is 17.9 Å². The number of likely N-dealkylation sites (tertiary alicyclic amines) is 1. The van der Waals surface area contributed by atoms with Gasteiger partial charge in [0, 0.05) is 31.3 Å². The second-order valence-electron chi connectivity index (χ2n) is 7.97. The summed E-state index contributed by atoms with van der Waals surface area (Å²) in [5, 5.41) is 15.8. The Bertz CT molecular complexity index is 1380. The SMILES string of the molecule is Cc1c(C(O)=C2C(=O)C(=O)N(Cc3cccnc3)[C@H]2c2cccnc2)cnn1-c1ccccc1. The molecule has 1 aromatic carbocycles. The number of Topliss-reactive ketones (excluding diaryl/α,β-unsaturated/α-hetero) is 1. The number of para-hydroxylation sites is 1. The number of rotatable bonds is 5. The quantitative estimate of drug-likeness (QED) is 0.283. The van der Waals surface area contributed by atoms with E-state index >= 15 is 0 Å². The van der Waals surface area contributed by atoms with Gasteiger partial charge in [-0.1, -0.05) is 30.3 Å². The molecule has 34 heavy (non-hydrogen) atoms. The molecule has 0 saturated carbocycles. The molecule has 8 nitrogen and oxygen atoms in total. The molecule has 168 valence electrons. The Balaban J connectivity index is 1.64. The number of nitrogens with zero attached hydrogens (tertiary/aromatic N) is 5. The van der Waals surface area contributed by atoms with Gasteiger partial charge in [-0.05, 0) is 42.3 Å². The number of aliphatic hydroxyl groups is 1. The van der Waals surface area contributed by atoms with Crippen molar-refractivity contribution in [2.24, 2.45) is 0 Å². The van der Waals surface area contributed by atoms with Gasteiger partial charge < -0.3 is 10.0 Å². The van der Waals surface area contributed by atoms with Gasteiger partial charge in [0.1, 0.15) is 5.76 Å². The maximum atomic E-state index is 13.2. The number of pyridine rings is 2. The lowest BCUT2D eigenvalue weighted by Crippen LogP contribution is -2.29. The number of benzene rings is 1. The fourth-order valence-corrected chi connectivity index (χ4v) is 4.23. The molecule has 8 heteroatoms. The maximum Gasteiger partial charge on any atom is 0.295 e. The van der Waals surface area contributed by atoms with Gasteiger partial charge in [-0.2, -0.15) is 5.10 Å². The topological polar surface area (TPSA) is 101 Å². The fraction of sp³-hybridized carbons (Fsp3) is 0.115. The molecule has 0 radical (unpaired) electrons. The van der Waals surface area contributed by atoms with E-state index in [0.29, 0.717) is 16.8 Å². The van der Waals surface area contributed by atoms with Crippen LogP contribution in [0, 0.1) is 6.92 Å². The van der Waals surface area contributed by atoms with Crippen molar-refractivity contribution in [2.45, 2.75) is 19.5 Å². The molecule has 0 aliphatic carbocycles.